The van der Waals surface area contributed by atoms with Crippen LogP contribution in [0.25, 0.3) is 5.69 Å². The first kappa shape index (κ1) is 22.8. The highest BCUT2D eigenvalue weighted by Crippen LogP contribution is 2.30. The number of hydrogen-bond donors (Lipinski definition) is 1. The molecule has 0 unspecified atom stereocenters. The SMILES string of the molecule is COc1ccc(/C=N\NC(=O)c2ccccc2-n2cccc2)cc1OS(=O)(=O)c1ccccc1. The van der Waals surface area contributed by atoms with Gasteiger partial charge in [0.15, 0.2) is 11.5 Å². The molecule has 0 saturated heterocycles. The molecular weight excluding hydrogens is 454 g/mol. The van der Waals surface area contributed by atoms with Gasteiger partial charge in [-0.2, -0.15) is 13.5 Å². The van der Waals surface area contributed by atoms with Gasteiger partial charge in [-0.25, -0.2) is 5.43 Å². The van der Waals surface area contributed by atoms with Gasteiger partial charge in [-0.1, -0.05) is 30.3 Å². The molecule has 0 aliphatic rings. The summed E-state index contributed by atoms with van der Waals surface area (Å²) in [5, 5.41) is 4.01. The van der Waals surface area contributed by atoms with Crippen molar-refractivity contribution < 1.29 is 22.1 Å². The minimum Gasteiger partial charge on any atom is -0.493 e. The van der Waals surface area contributed by atoms with Crippen LogP contribution >= 0.6 is 0 Å². The van der Waals surface area contributed by atoms with Gasteiger partial charge in [0.1, 0.15) is 4.90 Å². The highest BCUT2D eigenvalue weighted by Gasteiger charge is 2.19. The Hall–Kier alpha value is -4.37. The second-order valence-corrected chi connectivity index (χ2v) is 8.61. The van der Waals surface area contributed by atoms with E-state index in [4.69, 9.17) is 8.92 Å². The molecule has 1 heterocycles. The summed E-state index contributed by atoms with van der Waals surface area (Å²) in [6.07, 6.45) is 5.08. The first-order valence-corrected chi connectivity index (χ1v) is 11.6. The summed E-state index contributed by atoms with van der Waals surface area (Å²) in [6.45, 7) is 0. The van der Waals surface area contributed by atoms with E-state index in [0.717, 1.165) is 0 Å². The molecule has 0 saturated carbocycles. The first-order valence-electron chi connectivity index (χ1n) is 10.2. The van der Waals surface area contributed by atoms with Crippen LogP contribution in [-0.4, -0.2) is 32.2 Å². The van der Waals surface area contributed by atoms with Crippen LogP contribution in [0, 0.1) is 0 Å². The summed E-state index contributed by atoms with van der Waals surface area (Å²) < 4.78 is 37.6. The fraction of sp³-hybridized carbons (Fsp3) is 0.0400. The van der Waals surface area contributed by atoms with Gasteiger partial charge in [-0.15, -0.1) is 0 Å². The van der Waals surface area contributed by atoms with E-state index in [1.807, 2.05) is 41.2 Å². The Morgan fingerprint density at radius 1 is 0.912 bits per heavy atom. The number of para-hydroxylation sites is 1. The van der Waals surface area contributed by atoms with E-state index in [2.05, 4.69) is 10.5 Å². The van der Waals surface area contributed by atoms with Crippen LogP contribution in [-0.2, 0) is 10.1 Å². The maximum atomic E-state index is 12.7. The van der Waals surface area contributed by atoms with E-state index in [1.54, 1.807) is 42.5 Å². The summed E-state index contributed by atoms with van der Waals surface area (Å²) >= 11 is 0. The van der Waals surface area contributed by atoms with Crippen molar-refractivity contribution in [3.63, 3.8) is 0 Å². The van der Waals surface area contributed by atoms with Crippen LogP contribution in [0.1, 0.15) is 15.9 Å². The number of methoxy groups -OCH3 is 1. The van der Waals surface area contributed by atoms with Crippen LogP contribution in [0.2, 0.25) is 0 Å². The Bertz CT molecular complexity index is 1420. The number of carbonyl (C=O) groups excluding carboxylic acids is 1. The van der Waals surface area contributed by atoms with Crippen molar-refractivity contribution in [1.82, 2.24) is 9.99 Å². The van der Waals surface area contributed by atoms with E-state index < -0.39 is 16.0 Å². The Morgan fingerprint density at radius 2 is 1.62 bits per heavy atom. The molecule has 4 rings (SSSR count). The molecule has 1 N–H and O–H groups in total. The van der Waals surface area contributed by atoms with Crippen molar-refractivity contribution in [3.8, 4) is 17.2 Å². The van der Waals surface area contributed by atoms with Crippen LogP contribution in [0.3, 0.4) is 0 Å². The van der Waals surface area contributed by atoms with Gasteiger partial charge in [-0.3, -0.25) is 4.79 Å². The van der Waals surface area contributed by atoms with Crippen molar-refractivity contribution in [2.75, 3.05) is 7.11 Å². The summed E-state index contributed by atoms with van der Waals surface area (Å²) in [4.78, 5) is 12.7. The third kappa shape index (κ3) is 5.16. The average molecular weight is 476 g/mol. The van der Waals surface area contributed by atoms with E-state index in [1.165, 1.54) is 31.5 Å². The number of amides is 1. The van der Waals surface area contributed by atoms with Gasteiger partial charge < -0.3 is 13.5 Å². The van der Waals surface area contributed by atoms with Crippen LogP contribution in [0.5, 0.6) is 11.5 Å². The zero-order valence-electron chi connectivity index (χ0n) is 18.2. The number of hydrogen-bond acceptors (Lipinski definition) is 6. The largest absolute Gasteiger partial charge is 0.493 e. The van der Waals surface area contributed by atoms with E-state index in [-0.39, 0.29) is 16.4 Å². The number of hydrazone groups is 1. The molecule has 0 aliphatic carbocycles. The third-order valence-electron chi connectivity index (χ3n) is 4.83. The zero-order valence-corrected chi connectivity index (χ0v) is 19.0. The van der Waals surface area contributed by atoms with E-state index in [0.29, 0.717) is 16.8 Å². The third-order valence-corrected chi connectivity index (χ3v) is 6.08. The maximum absolute atomic E-state index is 12.7. The number of aromatic nitrogens is 1. The number of ether oxygens (including phenoxy) is 1. The smallest absolute Gasteiger partial charge is 0.339 e. The van der Waals surface area contributed by atoms with Crippen molar-refractivity contribution in [2.24, 2.45) is 5.10 Å². The lowest BCUT2D eigenvalue weighted by Crippen LogP contribution is -2.19. The second-order valence-electron chi connectivity index (χ2n) is 7.07. The van der Waals surface area contributed by atoms with Gasteiger partial charge in [0.05, 0.1) is 24.6 Å². The Kier molecular flexibility index (Phi) is 6.74. The standard InChI is InChI=1S/C25H21N3O5S/c1-32-23-14-13-19(17-24(23)33-34(30,31)20-9-3-2-4-10-20)18-26-27-25(29)21-11-5-6-12-22(21)28-15-7-8-16-28/h2-18H,1H3,(H,27,29)/b26-18-. The van der Waals surface area contributed by atoms with Crippen molar-refractivity contribution in [2.45, 2.75) is 4.90 Å². The number of nitrogens with one attached hydrogen (secondary N) is 1. The predicted molar refractivity (Wildman–Crippen MR) is 128 cm³/mol. The van der Waals surface area contributed by atoms with Crippen LogP contribution < -0.4 is 14.3 Å². The lowest BCUT2D eigenvalue weighted by molar-refractivity contribution is 0.0955. The Morgan fingerprint density at radius 3 is 2.35 bits per heavy atom. The van der Waals surface area contributed by atoms with Gasteiger partial charge in [0, 0.05) is 12.4 Å². The van der Waals surface area contributed by atoms with Crippen LogP contribution in [0.4, 0.5) is 0 Å². The van der Waals surface area contributed by atoms with Gasteiger partial charge >= 0.3 is 10.1 Å². The van der Waals surface area contributed by atoms with Crippen molar-refractivity contribution >= 4 is 22.2 Å². The molecule has 1 amide bonds. The molecule has 0 fully saturated rings. The molecule has 34 heavy (non-hydrogen) atoms. The van der Waals surface area contributed by atoms with Gasteiger partial charge in [-0.05, 0) is 60.2 Å². The van der Waals surface area contributed by atoms with Gasteiger partial charge in [0.2, 0.25) is 0 Å². The first-order chi connectivity index (χ1) is 16.5. The molecule has 0 aliphatic heterocycles. The molecule has 9 heteroatoms. The number of benzene rings is 3. The number of rotatable bonds is 8. The molecular formula is C25H21N3O5S. The van der Waals surface area contributed by atoms with E-state index >= 15 is 0 Å². The Labute approximate surface area is 197 Å². The fourth-order valence-electron chi connectivity index (χ4n) is 3.20. The maximum Gasteiger partial charge on any atom is 0.339 e. The fourth-order valence-corrected chi connectivity index (χ4v) is 4.16. The van der Waals surface area contributed by atoms with Crippen LogP contribution in [0.15, 0.2) is 107 Å². The highest BCUT2D eigenvalue weighted by molar-refractivity contribution is 7.87. The average Bonchev–Trinajstić information content (AvgIpc) is 3.39. The number of carbonyl (C=O) groups is 1. The highest BCUT2D eigenvalue weighted by atomic mass is 32.2. The molecule has 172 valence electrons. The molecule has 1 aromatic heterocycles. The van der Waals surface area contributed by atoms with Crippen molar-refractivity contribution in [3.05, 3.63) is 108 Å². The molecule has 8 nitrogen and oxygen atoms in total. The minimum absolute atomic E-state index is 0.000386. The molecule has 3 aromatic carbocycles. The quantitative estimate of drug-likeness (QED) is 0.236. The lowest BCUT2D eigenvalue weighted by atomic mass is 10.1. The predicted octanol–water partition coefficient (Wildman–Crippen LogP) is 4.02. The summed E-state index contributed by atoms with van der Waals surface area (Å²) in [5.41, 5.74) is 4.16. The normalized spacial score (nSPS) is 11.3. The lowest BCUT2D eigenvalue weighted by Gasteiger charge is -2.11. The zero-order chi connectivity index (χ0) is 24.0. The van der Waals surface area contributed by atoms with E-state index in [9.17, 15) is 13.2 Å². The summed E-state index contributed by atoms with van der Waals surface area (Å²) in [6, 6.07) is 23.4. The summed E-state index contributed by atoms with van der Waals surface area (Å²) in [7, 11) is -2.65. The molecule has 0 spiro atoms. The molecule has 4 aromatic rings. The Balaban J connectivity index is 1.52. The molecule has 0 atom stereocenters. The molecule has 0 radical (unpaired) electrons. The minimum atomic E-state index is -4.06. The monoisotopic (exact) mass is 475 g/mol. The second kappa shape index (κ2) is 10.1. The number of nitrogens with zero attached hydrogens (tertiary/aromatic N) is 2. The topological polar surface area (TPSA) is 99.0 Å². The van der Waals surface area contributed by atoms with Gasteiger partial charge in [0.25, 0.3) is 5.91 Å². The van der Waals surface area contributed by atoms with Crippen molar-refractivity contribution in [1.29, 1.82) is 0 Å². The molecule has 0 bridgehead atoms. The summed E-state index contributed by atoms with van der Waals surface area (Å²) in [5.74, 6) is -0.155.